The molecule has 3 aromatic rings. The summed E-state index contributed by atoms with van der Waals surface area (Å²) in [5.41, 5.74) is 3.35. The van der Waals surface area contributed by atoms with Crippen molar-refractivity contribution in [1.29, 1.82) is 0 Å². The number of aromatic nitrogens is 1. The fourth-order valence-corrected chi connectivity index (χ4v) is 4.35. The normalized spacial score (nSPS) is 14.9. The summed E-state index contributed by atoms with van der Waals surface area (Å²) in [6.07, 6.45) is 0.941. The molecule has 4 rings (SSSR count). The van der Waals surface area contributed by atoms with Crippen LogP contribution in [0.1, 0.15) is 17.5 Å². The minimum atomic E-state index is -0.182. The topological polar surface area (TPSA) is 36.4 Å². The van der Waals surface area contributed by atoms with Gasteiger partial charge in [0.05, 0.1) is 22.8 Å². The number of hydrogen-bond acceptors (Lipinski definition) is 4. The molecule has 4 nitrogen and oxygen atoms in total. The minimum Gasteiger partial charge on any atom is -0.310 e. The lowest BCUT2D eigenvalue weighted by atomic mass is 10.2. The van der Waals surface area contributed by atoms with Crippen molar-refractivity contribution >= 4 is 33.1 Å². The lowest BCUT2D eigenvalue weighted by Crippen LogP contribution is -2.44. The second-order valence-corrected chi connectivity index (χ2v) is 7.65. The number of amides is 1. The van der Waals surface area contributed by atoms with Gasteiger partial charge in [-0.2, -0.15) is 0 Å². The van der Waals surface area contributed by atoms with Crippen LogP contribution in [0.4, 0.5) is 5.69 Å². The molecule has 0 radical (unpaired) electrons. The molecular formula is C20H21N3OS. The molecule has 1 aliphatic heterocycles. The number of rotatable bonds is 4. The summed E-state index contributed by atoms with van der Waals surface area (Å²) in [4.78, 5) is 21.7. The third kappa shape index (κ3) is 3.05. The van der Waals surface area contributed by atoms with Gasteiger partial charge in [0, 0.05) is 12.2 Å². The largest absolute Gasteiger partial charge is 0.310 e. The number of anilines is 1. The fraction of sp³-hybridized carbons (Fsp3) is 0.300. The Bertz CT molecular complexity index is 887. The van der Waals surface area contributed by atoms with Crippen LogP contribution in [0.3, 0.4) is 0 Å². The van der Waals surface area contributed by atoms with Gasteiger partial charge in [-0.15, -0.1) is 11.3 Å². The molecule has 128 valence electrons. The molecule has 0 fully saturated rings. The molecule has 2 aromatic carbocycles. The molecule has 1 atom stereocenters. The van der Waals surface area contributed by atoms with Crippen LogP contribution >= 0.6 is 11.3 Å². The Kier molecular flexibility index (Phi) is 4.27. The summed E-state index contributed by atoms with van der Waals surface area (Å²) in [5, 5.41) is 1.05. The van der Waals surface area contributed by atoms with E-state index < -0.39 is 0 Å². The third-order valence-corrected chi connectivity index (χ3v) is 5.92. The Morgan fingerprint density at radius 3 is 2.84 bits per heavy atom. The minimum absolute atomic E-state index is 0.161. The van der Waals surface area contributed by atoms with Gasteiger partial charge in [-0.3, -0.25) is 9.69 Å². The first kappa shape index (κ1) is 16.2. The molecule has 1 aliphatic rings. The maximum absolute atomic E-state index is 13.0. The second kappa shape index (κ2) is 6.58. The Morgan fingerprint density at radius 1 is 1.24 bits per heavy atom. The molecule has 25 heavy (non-hydrogen) atoms. The molecule has 0 aliphatic carbocycles. The van der Waals surface area contributed by atoms with Crippen LogP contribution in [0, 0.1) is 0 Å². The van der Waals surface area contributed by atoms with E-state index in [9.17, 15) is 4.79 Å². The van der Waals surface area contributed by atoms with Crippen LogP contribution in [0.5, 0.6) is 0 Å². The highest BCUT2D eigenvalue weighted by molar-refractivity contribution is 7.18. The van der Waals surface area contributed by atoms with Gasteiger partial charge in [0.1, 0.15) is 5.01 Å². The maximum Gasteiger partial charge on any atom is 0.244 e. The first-order valence-electron chi connectivity index (χ1n) is 8.57. The number of para-hydroxylation sites is 2. The summed E-state index contributed by atoms with van der Waals surface area (Å²) in [6, 6.07) is 16.2. The zero-order chi connectivity index (χ0) is 17.4. The van der Waals surface area contributed by atoms with Gasteiger partial charge < -0.3 is 4.90 Å². The van der Waals surface area contributed by atoms with E-state index in [4.69, 9.17) is 0 Å². The standard InChI is InChI=1S/C20H21N3OS/c1-14(20(24)23-12-11-15-7-3-5-9-17(15)23)22(2)13-19-21-16-8-4-6-10-18(16)25-19/h3-10,14H,11-13H2,1-2H3/t14-/m1/s1. The Balaban J connectivity index is 1.48. The number of hydrogen-bond donors (Lipinski definition) is 0. The SMILES string of the molecule is C[C@H](C(=O)N1CCc2ccccc21)N(C)Cc1nc2ccccc2s1. The van der Waals surface area contributed by atoms with E-state index in [1.165, 1.54) is 10.3 Å². The summed E-state index contributed by atoms with van der Waals surface area (Å²) >= 11 is 1.70. The third-order valence-electron chi connectivity index (χ3n) is 4.89. The molecule has 5 heteroatoms. The van der Waals surface area contributed by atoms with Crippen molar-refractivity contribution in [1.82, 2.24) is 9.88 Å². The molecule has 1 amide bonds. The average molecular weight is 351 g/mol. The van der Waals surface area contributed by atoms with Crippen LogP contribution in [0.2, 0.25) is 0 Å². The van der Waals surface area contributed by atoms with E-state index in [2.05, 4.69) is 22.0 Å². The number of nitrogens with zero attached hydrogens (tertiary/aromatic N) is 3. The average Bonchev–Trinajstić information content (AvgIpc) is 3.23. The number of fused-ring (bicyclic) bond motifs is 2. The first-order valence-corrected chi connectivity index (χ1v) is 9.39. The van der Waals surface area contributed by atoms with Crippen molar-refractivity contribution < 1.29 is 4.79 Å². The van der Waals surface area contributed by atoms with E-state index in [1.807, 2.05) is 55.3 Å². The maximum atomic E-state index is 13.0. The van der Waals surface area contributed by atoms with Crippen LogP contribution in [-0.2, 0) is 17.8 Å². The lowest BCUT2D eigenvalue weighted by Gasteiger charge is -2.27. The quantitative estimate of drug-likeness (QED) is 0.719. The summed E-state index contributed by atoms with van der Waals surface area (Å²) in [7, 11) is 2.00. The van der Waals surface area contributed by atoms with Crippen LogP contribution < -0.4 is 4.90 Å². The summed E-state index contributed by atoms with van der Waals surface area (Å²) < 4.78 is 1.19. The predicted molar refractivity (Wildman–Crippen MR) is 103 cm³/mol. The first-order chi connectivity index (χ1) is 12.1. The van der Waals surface area contributed by atoms with Crippen molar-refractivity contribution in [2.75, 3.05) is 18.5 Å². The summed E-state index contributed by atoms with van der Waals surface area (Å²) in [5.74, 6) is 0.161. The van der Waals surface area contributed by atoms with Gasteiger partial charge in [0.2, 0.25) is 5.91 Å². The molecule has 0 spiro atoms. The number of likely N-dealkylation sites (N-methyl/N-ethyl adjacent to an activating group) is 1. The van der Waals surface area contributed by atoms with Gasteiger partial charge in [0.15, 0.2) is 0 Å². The Labute approximate surface area is 151 Å². The van der Waals surface area contributed by atoms with Gasteiger partial charge in [-0.1, -0.05) is 30.3 Å². The van der Waals surface area contributed by atoms with E-state index in [1.54, 1.807) is 11.3 Å². The van der Waals surface area contributed by atoms with Crippen molar-refractivity contribution in [3.8, 4) is 0 Å². The molecule has 0 unspecified atom stereocenters. The smallest absolute Gasteiger partial charge is 0.244 e. The highest BCUT2D eigenvalue weighted by atomic mass is 32.1. The van der Waals surface area contributed by atoms with E-state index in [-0.39, 0.29) is 11.9 Å². The van der Waals surface area contributed by atoms with Crippen molar-refractivity contribution in [2.24, 2.45) is 0 Å². The Hall–Kier alpha value is -2.24. The molecular weight excluding hydrogens is 330 g/mol. The molecule has 1 aromatic heterocycles. The molecule has 0 saturated carbocycles. The van der Waals surface area contributed by atoms with Gasteiger partial charge in [0.25, 0.3) is 0 Å². The van der Waals surface area contributed by atoms with Crippen LogP contribution in [0.15, 0.2) is 48.5 Å². The van der Waals surface area contributed by atoms with Crippen molar-refractivity contribution in [3.63, 3.8) is 0 Å². The number of carbonyl (C=O) groups excluding carboxylic acids is 1. The second-order valence-electron chi connectivity index (χ2n) is 6.54. The van der Waals surface area contributed by atoms with E-state index in [0.29, 0.717) is 6.54 Å². The number of carbonyl (C=O) groups is 1. The molecule has 0 N–H and O–H groups in total. The van der Waals surface area contributed by atoms with Gasteiger partial charge in [-0.25, -0.2) is 4.98 Å². The Morgan fingerprint density at radius 2 is 2.00 bits per heavy atom. The van der Waals surface area contributed by atoms with Gasteiger partial charge in [-0.05, 0) is 44.2 Å². The van der Waals surface area contributed by atoms with Crippen molar-refractivity contribution in [3.05, 3.63) is 59.1 Å². The number of thiazole rings is 1. The van der Waals surface area contributed by atoms with Crippen molar-refractivity contribution in [2.45, 2.75) is 25.9 Å². The van der Waals surface area contributed by atoms with Crippen LogP contribution in [-0.4, -0.2) is 35.4 Å². The van der Waals surface area contributed by atoms with Gasteiger partial charge >= 0.3 is 0 Å². The lowest BCUT2D eigenvalue weighted by molar-refractivity contribution is -0.122. The zero-order valence-corrected chi connectivity index (χ0v) is 15.3. The molecule has 2 heterocycles. The van der Waals surface area contributed by atoms with E-state index >= 15 is 0 Å². The van der Waals surface area contributed by atoms with Crippen LogP contribution in [0.25, 0.3) is 10.2 Å². The summed E-state index contributed by atoms with van der Waals surface area (Å²) in [6.45, 7) is 3.44. The monoisotopic (exact) mass is 351 g/mol. The molecule has 0 saturated heterocycles. The van der Waals surface area contributed by atoms with E-state index in [0.717, 1.165) is 29.2 Å². The zero-order valence-electron chi connectivity index (χ0n) is 14.5. The highest BCUT2D eigenvalue weighted by Crippen LogP contribution is 2.29. The molecule has 0 bridgehead atoms. The number of benzene rings is 2. The fourth-order valence-electron chi connectivity index (χ4n) is 3.32. The predicted octanol–water partition coefficient (Wildman–Crippen LogP) is 3.71. The highest BCUT2D eigenvalue weighted by Gasteiger charge is 2.29.